The van der Waals surface area contributed by atoms with Crippen LogP contribution in [-0.2, 0) is 14.8 Å². The molecule has 0 radical (unpaired) electrons. The van der Waals surface area contributed by atoms with Crippen molar-refractivity contribution in [3.8, 4) is 5.75 Å². The number of nitrogens with zero attached hydrogens (tertiary/aromatic N) is 2. The van der Waals surface area contributed by atoms with Crippen LogP contribution >= 0.6 is 0 Å². The molecular weight excluding hydrogens is 366 g/mol. The van der Waals surface area contributed by atoms with E-state index in [1.807, 2.05) is 30.3 Å². The van der Waals surface area contributed by atoms with E-state index in [0.29, 0.717) is 43.2 Å². The summed E-state index contributed by atoms with van der Waals surface area (Å²) in [6, 6.07) is 13.2. The van der Waals surface area contributed by atoms with Gasteiger partial charge in [0.05, 0.1) is 10.6 Å². The number of anilines is 2. The minimum Gasteiger partial charge on any atom is -0.482 e. The highest BCUT2D eigenvalue weighted by Crippen LogP contribution is 2.34. The Morgan fingerprint density at radius 2 is 1.74 bits per heavy atom. The fraction of sp³-hybridized carbons (Fsp3) is 0.316. The monoisotopic (exact) mass is 387 g/mol. The summed E-state index contributed by atoms with van der Waals surface area (Å²) in [6.45, 7) is 3.75. The molecule has 27 heavy (non-hydrogen) atoms. The summed E-state index contributed by atoms with van der Waals surface area (Å²) < 4.78 is 33.2. The number of hydrogen-bond acceptors (Lipinski definition) is 5. The third kappa shape index (κ3) is 3.38. The highest BCUT2D eigenvalue weighted by atomic mass is 32.2. The van der Waals surface area contributed by atoms with Crippen LogP contribution in [0.3, 0.4) is 0 Å². The van der Waals surface area contributed by atoms with Gasteiger partial charge in [-0.15, -0.1) is 0 Å². The number of para-hydroxylation sites is 1. The lowest BCUT2D eigenvalue weighted by Gasteiger charge is -2.35. The van der Waals surface area contributed by atoms with Crippen LogP contribution in [0.2, 0.25) is 0 Å². The topological polar surface area (TPSA) is 79.0 Å². The van der Waals surface area contributed by atoms with Gasteiger partial charge in [0.15, 0.2) is 6.61 Å². The van der Waals surface area contributed by atoms with Gasteiger partial charge in [-0.25, -0.2) is 8.42 Å². The maximum absolute atomic E-state index is 13.2. The van der Waals surface area contributed by atoms with E-state index in [1.165, 1.54) is 10.4 Å². The zero-order valence-corrected chi connectivity index (χ0v) is 15.8. The van der Waals surface area contributed by atoms with E-state index < -0.39 is 10.0 Å². The van der Waals surface area contributed by atoms with Gasteiger partial charge in [-0.2, -0.15) is 4.31 Å². The maximum atomic E-state index is 13.2. The average Bonchev–Trinajstić information content (AvgIpc) is 2.68. The number of nitrogens with one attached hydrogen (secondary N) is 1. The second-order valence-electron chi connectivity index (χ2n) is 6.68. The smallest absolute Gasteiger partial charge is 0.262 e. The third-order valence-corrected chi connectivity index (χ3v) is 6.93. The number of ether oxygens (including phenoxy) is 1. The van der Waals surface area contributed by atoms with Crippen molar-refractivity contribution in [3.05, 3.63) is 48.0 Å². The highest BCUT2D eigenvalue weighted by molar-refractivity contribution is 7.89. The van der Waals surface area contributed by atoms with Crippen LogP contribution in [0.25, 0.3) is 0 Å². The minimum absolute atomic E-state index is 0.106. The summed E-state index contributed by atoms with van der Waals surface area (Å²) in [5, 5.41) is 2.70. The number of fused-ring (bicyclic) bond motifs is 1. The number of amides is 1. The van der Waals surface area contributed by atoms with Crippen molar-refractivity contribution < 1.29 is 17.9 Å². The molecule has 142 valence electrons. The molecule has 0 spiro atoms. The van der Waals surface area contributed by atoms with E-state index in [0.717, 1.165) is 5.69 Å². The molecule has 2 aromatic carbocycles. The molecule has 2 aliphatic heterocycles. The molecule has 2 aliphatic rings. The van der Waals surface area contributed by atoms with Crippen LogP contribution in [0.4, 0.5) is 11.4 Å². The molecule has 4 rings (SSSR count). The fourth-order valence-corrected chi connectivity index (χ4v) is 5.10. The normalized spacial score (nSPS) is 17.8. The molecule has 0 bridgehead atoms. The molecule has 1 amide bonds. The van der Waals surface area contributed by atoms with Gasteiger partial charge < -0.3 is 15.0 Å². The molecule has 0 saturated carbocycles. The molecule has 7 nitrogen and oxygen atoms in total. The van der Waals surface area contributed by atoms with Crippen molar-refractivity contribution in [1.29, 1.82) is 0 Å². The number of piperazine rings is 1. The van der Waals surface area contributed by atoms with Gasteiger partial charge in [0, 0.05) is 37.9 Å². The first-order chi connectivity index (χ1) is 12.9. The first-order valence-electron chi connectivity index (χ1n) is 8.82. The van der Waals surface area contributed by atoms with Crippen LogP contribution < -0.4 is 15.0 Å². The molecule has 1 N–H and O–H groups in total. The van der Waals surface area contributed by atoms with Gasteiger partial charge in [0.2, 0.25) is 10.0 Å². The van der Waals surface area contributed by atoms with Gasteiger partial charge in [-0.3, -0.25) is 4.79 Å². The van der Waals surface area contributed by atoms with Crippen LogP contribution in [0, 0.1) is 6.92 Å². The standard InChI is InChI=1S/C19H21N3O4S/c1-14-11-16-17(26-13-19(23)20-16)12-18(14)27(24,25)22-9-7-21(8-10-22)15-5-3-2-4-6-15/h2-6,11-12H,7-10,13H2,1H3,(H,20,23). The molecule has 2 aromatic rings. The summed E-state index contributed by atoms with van der Waals surface area (Å²) in [5.41, 5.74) is 2.20. The Bertz CT molecular complexity index is 968. The Kier molecular flexibility index (Phi) is 4.53. The molecule has 0 aromatic heterocycles. The summed E-state index contributed by atoms with van der Waals surface area (Å²) in [6.07, 6.45) is 0. The summed E-state index contributed by atoms with van der Waals surface area (Å²) in [7, 11) is -3.63. The molecule has 1 fully saturated rings. The lowest BCUT2D eigenvalue weighted by molar-refractivity contribution is -0.118. The predicted octanol–water partition coefficient (Wildman–Crippen LogP) is 1.84. The zero-order valence-electron chi connectivity index (χ0n) is 15.0. The molecule has 8 heteroatoms. The van der Waals surface area contributed by atoms with Gasteiger partial charge in [-0.05, 0) is 30.7 Å². The lowest BCUT2D eigenvalue weighted by Crippen LogP contribution is -2.48. The van der Waals surface area contributed by atoms with E-state index >= 15 is 0 Å². The van der Waals surface area contributed by atoms with Crippen LogP contribution in [0.5, 0.6) is 5.75 Å². The number of hydrogen-bond donors (Lipinski definition) is 1. The van der Waals surface area contributed by atoms with Crippen LogP contribution in [0.1, 0.15) is 5.56 Å². The van der Waals surface area contributed by atoms with E-state index in [9.17, 15) is 13.2 Å². The average molecular weight is 387 g/mol. The summed E-state index contributed by atoms with van der Waals surface area (Å²) >= 11 is 0. The van der Waals surface area contributed by atoms with Gasteiger partial charge in [-0.1, -0.05) is 18.2 Å². The minimum atomic E-state index is -3.63. The predicted molar refractivity (Wildman–Crippen MR) is 103 cm³/mol. The van der Waals surface area contributed by atoms with Crippen LogP contribution in [0.15, 0.2) is 47.4 Å². The van der Waals surface area contributed by atoms with Crippen molar-refractivity contribution in [1.82, 2.24) is 4.31 Å². The zero-order chi connectivity index (χ0) is 19.0. The van der Waals surface area contributed by atoms with Crippen molar-refractivity contribution in [2.75, 3.05) is 43.0 Å². The summed E-state index contributed by atoms with van der Waals surface area (Å²) in [4.78, 5) is 13.9. The second kappa shape index (κ2) is 6.86. The molecule has 0 atom stereocenters. The molecule has 2 heterocycles. The Balaban J connectivity index is 1.55. The number of benzene rings is 2. The Hall–Kier alpha value is -2.58. The van der Waals surface area contributed by atoms with Crippen LogP contribution in [-0.4, -0.2) is 51.4 Å². The SMILES string of the molecule is Cc1cc2c(cc1S(=O)(=O)N1CCN(c3ccccc3)CC1)OCC(=O)N2. The Morgan fingerprint density at radius 3 is 2.44 bits per heavy atom. The van der Waals surface area contributed by atoms with E-state index in [1.54, 1.807) is 13.0 Å². The molecule has 0 unspecified atom stereocenters. The number of carbonyl (C=O) groups is 1. The molecular formula is C19H21N3O4S. The fourth-order valence-electron chi connectivity index (χ4n) is 3.46. The Morgan fingerprint density at radius 1 is 1.04 bits per heavy atom. The lowest BCUT2D eigenvalue weighted by atomic mass is 10.2. The first-order valence-corrected chi connectivity index (χ1v) is 10.3. The Labute approximate surface area is 158 Å². The quantitative estimate of drug-likeness (QED) is 0.869. The summed E-state index contributed by atoms with van der Waals surface area (Å²) in [5.74, 6) is 0.149. The third-order valence-electron chi connectivity index (χ3n) is 4.89. The molecule has 0 aliphatic carbocycles. The van der Waals surface area contributed by atoms with Gasteiger partial charge >= 0.3 is 0 Å². The highest BCUT2D eigenvalue weighted by Gasteiger charge is 2.31. The van der Waals surface area contributed by atoms with Crippen molar-refractivity contribution in [3.63, 3.8) is 0 Å². The maximum Gasteiger partial charge on any atom is 0.262 e. The molecule has 1 saturated heterocycles. The van der Waals surface area contributed by atoms with Crippen molar-refractivity contribution in [2.24, 2.45) is 0 Å². The number of carbonyl (C=O) groups excluding carboxylic acids is 1. The number of sulfonamides is 1. The van der Waals surface area contributed by atoms with E-state index in [4.69, 9.17) is 4.74 Å². The van der Waals surface area contributed by atoms with Gasteiger partial charge in [0.25, 0.3) is 5.91 Å². The first kappa shape index (κ1) is 17.8. The van der Waals surface area contributed by atoms with Gasteiger partial charge in [0.1, 0.15) is 5.75 Å². The largest absolute Gasteiger partial charge is 0.482 e. The number of aryl methyl sites for hydroxylation is 1. The van der Waals surface area contributed by atoms with E-state index in [2.05, 4.69) is 10.2 Å². The van der Waals surface area contributed by atoms with Crippen molar-refractivity contribution >= 4 is 27.3 Å². The van der Waals surface area contributed by atoms with E-state index in [-0.39, 0.29) is 17.4 Å². The van der Waals surface area contributed by atoms with Crippen molar-refractivity contribution in [2.45, 2.75) is 11.8 Å². The number of rotatable bonds is 3. The second-order valence-corrected chi connectivity index (χ2v) is 8.58.